The Morgan fingerprint density at radius 2 is 2.07 bits per heavy atom. The largest absolute Gasteiger partial charge is 0.403 e. The first-order valence-corrected chi connectivity index (χ1v) is 8.72. The molecule has 1 aliphatic heterocycles. The van der Waals surface area contributed by atoms with Crippen molar-refractivity contribution in [2.75, 3.05) is 23.8 Å². The topological polar surface area (TPSA) is 112 Å². The number of aliphatic hydroxyl groups excluding tert-OH is 1. The van der Waals surface area contributed by atoms with Crippen LogP contribution in [0.5, 0.6) is 0 Å². The number of nitrogens with one attached hydrogen (secondary N) is 3. The second-order valence-electron chi connectivity index (χ2n) is 6.41. The summed E-state index contributed by atoms with van der Waals surface area (Å²) in [5, 5.41) is 25.4. The number of benzene rings is 2. The number of aliphatic hydroxyl groups is 1. The van der Waals surface area contributed by atoms with Gasteiger partial charge < -0.3 is 25.5 Å². The number of carbonyl (C=O) groups excluding carboxylic acids is 1. The summed E-state index contributed by atoms with van der Waals surface area (Å²) in [4.78, 5) is 12.1. The molecule has 28 heavy (non-hydrogen) atoms. The lowest BCUT2D eigenvalue weighted by Crippen LogP contribution is -2.12. The van der Waals surface area contributed by atoms with Crippen LogP contribution in [0.15, 0.2) is 34.7 Å². The van der Waals surface area contributed by atoms with E-state index in [9.17, 15) is 9.18 Å². The van der Waals surface area contributed by atoms with Crippen molar-refractivity contribution in [2.24, 2.45) is 0 Å². The van der Waals surface area contributed by atoms with Crippen LogP contribution in [0.1, 0.15) is 21.5 Å². The van der Waals surface area contributed by atoms with E-state index in [1.54, 1.807) is 31.2 Å². The minimum absolute atomic E-state index is 0.0795. The number of rotatable bonds is 6. The normalized spacial score (nSPS) is 12.6. The maximum atomic E-state index is 14.3. The fraction of sp³-hybridized carbons (Fsp3) is 0.211. The average Bonchev–Trinajstić information content (AvgIpc) is 3.29. The Labute approximate surface area is 159 Å². The monoisotopic (exact) mass is 383 g/mol. The van der Waals surface area contributed by atoms with E-state index in [4.69, 9.17) is 9.52 Å². The fourth-order valence-corrected chi connectivity index (χ4v) is 2.99. The standard InChI is InChI=1S/C19H18FN5O3/c1-10-2-3-15(14(20)6-10)23-16-8-12-11(9-22-17(12)27)7-13(16)18-24-25-19(28-18)21-4-5-26/h2-3,6-8,23,26H,4-5,9H2,1H3,(H,21,25)(H,22,27). The van der Waals surface area contributed by atoms with Gasteiger partial charge >= 0.3 is 6.01 Å². The molecule has 1 aliphatic rings. The summed E-state index contributed by atoms with van der Waals surface area (Å²) < 4.78 is 19.9. The van der Waals surface area contributed by atoms with E-state index in [0.717, 1.165) is 11.1 Å². The lowest BCUT2D eigenvalue weighted by Gasteiger charge is -2.13. The number of amides is 1. The molecule has 0 fully saturated rings. The molecule has 2 aromatic carbocycles. The minimum atomic E-state index is -0.410. The predicted molar refractivity (Wildman–Crippen MR) is 101 cm³/mol. The van der Waals surface area contributed by atoms with Crippen molar-refractivity contribution in [1.29, 1.82) is 0 Å². The third kappa shape index (κ3) is 3.39. The van der Waals surface area contributed by atoms with Crippen molar-refractivity contribution < 1.29 is 18.7 Å². The molecule has 9 heteroatoms. The summed E-state index contributed by atoms with van der Waals surface area (Å²) in [6.07, 6.45) is 0. The second kappa shape index (κ2) is 7.28. The van der Waals surface area contributed by atoms with Crippen molar-refractivity contribution in [3.8, 4) is 11.5 Å². The van der Waals surface area contributed by atoms with E-state index in [0.29, 0.717) is 23.4 Å². The molecule has 0 aliphatic carbocycles. The van der Waals surface area contributed by atoms with Gasteiger partial charge in [0.1, 0.15) is 5.82 Å². The predicted octanol–water partition coefficient (Wildman–Crippen LogP) is 2.58. The quantitative estimate of drug-likeness (QED) is 0.517. The maximum Gasteiger partial charge on any atom is 0.315 e. The Morgan fingerprint density at radius 3 is 2.86 bits per heavy atom. The van der Waals surface area contributed by atoms with E-state index >= 15 is 0 Å². The number of aryl methyl sites for hydroxylation is 1. The SMILES string of the molecule is Cc1ccc(Nc2cc3c(cc2-c2nnc(NCCO)o2)CNC3=O)c(F)c1. The summed E-state index contributed by atoms with van der Waals surface area (Å²) in [6, 6.07) is 8.42. The number of hydrogen-bond donors (Lipinski definition) is 4. The molecular weight excluding hydrogens is 365 g/mol. The van der Waals surface area contributed by atoms with Gasteiger partial charge in [0, 0.05) is 18.7 Å². The van der Waals surface area contributed by atoms with E-state index in [-0.39, 0.29) is 36.7 Å². The molecule has 144 valence electrons. The molecule has 0 saturated carbocycles. The molecule has 8 nitrogen and oxygen atoms in total. The number of halogens is 1. The molecule has 0 spiro atoms. The maximum absolute atomic E-state index is 14.3. The van der Waals surface area contributed by atoms with Gasteiger partial charge in [-0.05, 0) is 42.3 Å². The van der Waals surface area contributed by atoms with Crippen LogP contribution in [0, 0.1) is 12.7 Å². The molecule has 2 heterocycles. The van der Waals surface area contributed by atoms with Gasteiger partial charge in [-0.25, -0.2) is 4.39 Å². The van der Waals surface area contributed by atoms with Crippen molar-refractivity contribution in [3.63, 3.8) is 0 Å². The number of aromatic nitrogens is 2. The Hall–Kier alpha value is -3.46. The molecule has 1 amide bonds. The molecule has 3 aromatic rings. The van der Waals surface area contributed by atoms with Crippen molar-refractivity contribution in [1.82, 2.24) is 15.5 Å². The highest BCUT2D eigenvalue weighted by Crippen LogP contribution is 2.35. The van der Waals surface area contributed by atoms with E-state index in [1.165, 1.54) is 6.07 Å². The van der Waals surface area contributed by atoms with Gasteiger partial charge in [0.15, 0.2) is 0 Å². The third-order valence-corrected chi connectivity index (χ3v) is 4.36. The molecule has 0 saturated heterocycles. The Kier molecular flexibility index (Phi) is 4.66. The molecule has 0 atom stereocenters. The zero-order chi connectivity index (χ0) is 19.7. The van der Waals surface area contributed by atoms with Crippen LogP contribution in [0.4, 0.5) is 21.8 Å². The van der Waals surface area contributed by atoms with Gasteiger partial charge in [-0.15, -0.1) is 5.10 Å². The van der Waals surface area contributed by atoms with Gasteiger partial charge in [-0.3, -0.25) is 4.79 Å². The van der Waals surface area contributed by atoms with Crippen LogP contribution < -0.4 is 16.0 Å². The summed E-state index contributed by atoms with van der Waals surface area (Å²) in [5.41, 5.74) is 3.38. The highest BCUT2D eigenvalue weighted by Gasteiger charge is 2.24. The summed E-state index contributed by atoms with van der Waals surface area (Å²) >= 11 is 0. The summed E-state index contributed by atoms with van der Waals surface area (Å²) in [5.74, 6) is -0.394. The van der Waals surface area contributed by atoms with Gasteiger partial charge in [-0.1, -0.05) is 11.2 Å². The van der Waals surface area contributed by atoms with Gasteiger partial charge in [0.2, 0.25) is 0 Å². The number of nitrogens with zero attached hydrogens (tertiary/aromatic N) is 2. The van der Waals surface area contributed by atoms with Crippen LogP contribution in [0.2, 0.25) is 0 Å². The number of carbonyl (C=O) groups is 1. The highest BCUT2D eigenvalue weighted by atomic mass is 19.1. The van der Waals surface area contributed by atoms with E-state index in [1.807, 2.05) is 0 Å². The lowest BCUT2D eigenvalue weighted by molar-refractivity contribution is 0.0966. The van der Waals surface area contributed by atoms with Crippen molar-refractivity contribution in [3.05, 3.63) is 52.8 Å². The van der Waals surface area contributed by atoms with Crippen molar-refractivity contribution in [2.45, 2.75) is 13.5 Å². The zero-order valence-electron chi connectivity index (χ0n) is 15.0. The second-order valence-corrected chi connectivity index (χ2v) is 6.41. The van der Waals surface area contributed by atoms with Crippen LogP contribution in [0.25, 0.3) is 11.5 Å². The third-order valence-electron chi connectivity index (χ3n) is 4.36. The molecule has 0 bridgehead atoms. The fourth-order valence-electron chi connectivity index (χ4n) is 2.99. The van der Waals surface area contributed by atoms with Gasteiger partial charge in [0.25, 0.3) is 11.8 Å². The first-order valence-electron chi connectivity index (χ1n) is 8.72. The first-order chi connectivity index (χ1) is 13.5. The minimum Gasteiger partial charge on any atom is -0.403 e. The summed E-state index contributed by atoms with van der Waals surface area (Å²) in [7, 11) is 0. The van der Waals surface area contributed by atoms with E-state index in [2.05, 4.69) is 26.1 Å². The first kappa shape index (κ1) is 17.9. The highest BCUT2D eigenvalue weighted by molar-refractivity contribution is 6.01. The zero-order valence-corrected chi connectivity index (χ0v) is 15.0. The van der Waals surface area contributed by atoms with E-state index < -0.39 is 5.82 Å². The smallest absolute Gasteiger partial charge is 0.315 e. The summed E-state index contributed by atoms with van der Waals surface area (Å²) in [6.45, 7) is 2.38. The molecule has 4 N–H and O–H groups in total. The molecule has 0 radical (unpaired) electrons. The molecule has 0 unspecified atom stereocenters. The van der Waals surface area contributed by atoms with Crippen LogP contribution in [-0.2, 0) is 6.54 Å². The number of anilines is 3. The number of hydrogen-bond acceptors (Lipinski definition) is 7. The Morgan fingerprint density at radius 1 is 1.21 bits per heavy atom. The molecular formula is C19H18FN5O3. The van der Waals surface area contributed by atoms with Crippen LogP contribution >= 0.6 is 0 Å². The molecule has 4 rings (SSSR count). The van der Waals surface area contributed by atoms with Gasteiger partial charge in [0.05, 0.1) is 23.5 Å². The van der Waals surface area contributed by atoms with Crippen molar-refractivity contribution >= 4 is 23.3 Å². The Bertz CT molecular complexity index is 1050. The van der Waals surface area contributed by atoms with Gasteiger partial charge in [-0.2, -0.15) is 0 Å². The number of fused-ring (bicyclic) bond motifs is 1. The average molecular weight is 383 g/mol. The Balaban J connectivity index is 1.76. The lowest BCUT2D eigenvalue weighted by atomic mass is 10.0. The van der Waals surface area contributed by atoms with Crippen LogP contribution in [-0.4, -0.2) is 34.4 Å². The molecule has 1 aromatic heterocycles. The van der Waals surface area contributed by atoms with Crippen LogP contribution in [0.3, 0.4) is 0 Å².